The normalized spacial score (nSPS) is 23.4. The molecule has 2 N–H and O–H groups in total. The van der Waals surface area contributed by atoms with Gasteiger partial charge in [0, 0.05) is 19.2 Å². The van der Waals surface area contributed by atoms with Crippen LogP contribution in [-0.4, -0.2) is 37.2 Å². The Morgan fingerprint density at radius 2 is 2.06 bits per heavy atom. The summed E-state index contributed by atoms with van der Waals surface area (Å²) in [7, 11) is 0. The summed E-state index contributed by atoms with van der Waals surface area (Å²) in [5.41, 5.74) is 0.0249. The van der Waals surface area contributed by atoms with Crippen LogP contribution < -0.4 is 10.6 Å². The summed E-state index contributed by atoms with van der Waals surface area (Å²) in [6.07, 6.45) is 4.10. The number of hydrogen-bond donors (Lipinski definition) is 2. The summed E-state index contributed by atoms with van der Waals surface area (Å²) in [6.45, 7) is 8.20. The third-order valence-corrected chi connectivity index (χ3v) is 3.71. The maximum absolute atomic E-state index is 11.4. The van der Waals surface area contributed by atoms with E-state index in [9.17, 15) is 4.79 Å². The zero-order chi connectivity index (χ0) is 12.7. The van der Waals surface area contributed by atoms with Gasteiger partial charge in [-0.1, -0.05) is 13.8 Å². The van der Waals surface area contributed by atoms with Gasteiger partial charge in [0.25, 0.3) is 0 Å². The van der Waals surface area contributed by atoms with Gasteiger partial charge in [-0.2, -0.15) is 0 Å². The molecule has 0 bridgehead atoms. The molecular weight excluding hydrogens is 216 g/mol. The van der Waals surface area contributed by atoms with Crippen LogP contribution in [0.5, 0.6) is 0 Å². The van der Waals surface area contributed by atoms with Crippen molar-refractivity contribution >= 4 is 5.91 Å². The number of rotatable bonds is 6. The van der Waals surface area contributed by atoms with Crippen LogP contribution in [0.15, 0.2) is 0 Å². The van der Waals surface area contributed by atoms with Gasteiger partial charge in [0.05, 0.1) is 12.1 Å². The molecular formula is C13H26N2O2. The van der Waals surface area contributed by atoms with Gasteiger partial charge >= 0.3 is 0 Å². The van der Waals surface area contributed by atoms with Gasteiger partial charge in [-0.3, -0.25) is 4.79 Å². The molecule has 1 aliphatic heterocycles. The second kappa shape index (κ2) is 6.97. The zero-order valence-electron chi connectivity index (χ0n) is 11.3. The number of amides is 1. The summed E-state index contributed by atoms with van der Waals surface area (Å²) < 4.78 is 5.91. The second-order valence-corrected chi connectivity index (χ2v) is 4.76. The first kappa shape index (κ1) is 14.5. The van der Waals surface area contributed by atoms with Crippen molar-refractivity contribution in [2.75, 3.05) is 19.7 Å². The highest BCUT2D eigenvalue weighted by Crippen LogP contribution is 2.31. The van der Waals surface area contributed by atoms with Crippen molar-refractivity contribution in [3.8, 4) is 0 Å². The highest BCUT2D eigenvalue weighted by molar-refractivity contribution is 5.77. The van der Waals surface area contributed by atoms with E-state index in [2.05, 4.69) is 24.5 Å². The van der Waals surface area contributed by atoms with Gasteiger partial charge in [-0.05, 0) is 32.6 Å². The standard InChI is InChI=1S/C13H26N2O2/c1-4-13(5-2)9-11(7-8-17-13)15-10-12(16)14-6-3/h11,15H,4-10H2,1-3H3,(H,14,16). The van der Waals surface area contributed by atoms with E-state index < -0.39 is 0 Å². The minimum Gasteiger partial charge on any atom is -0.375 e. The van der Waals surface area contributed by atoms with E-state index in [1.807, 2.05) is 6.92 Å². The van der Waals surface area contributed by atoms with Crippen LogP contribution in [0.3, 0.4) is 0 Å². The minimum absolute atomic E-state index is 0.0249. The molecule has 0 aromatic rings. The second-order valence-electron chi connectivity index (χ2n) is 4.76. The smallest absolute Gasteiger partial charge is 0.233 e. The molecule has 0 aliphatic carbocycles. The zero-order valence-corrected chi connectivity index (χ0v) is 11.3. The average Bonchev–Trinajstić information content (AvgIpc) is 2.37. The van der Waals surface area contributed by atoms with E-state index in [-0.39, 0.29) is 11.5 Å². The SMILES string of the molecule is CCNC(=O)CNC1CCOC(CC)(CC)C1. The van der Waals surface area contributed by atoms with Crippen molar-refractivity contribution in [2.24, 2.45) is 0 Å². The molecule has 1 aliphatic rings. The molecule has 4 nitrogen and oxygen atoms in total. The molecule has 17 heavy (non-hydrogen) atoms. The van der Waals surface area contributed by atoms with E-state index in [1.54, 1.807) is 0 Å². The average molecular weight is 242 g/mol. The summed E-state index contributed by atoms with van der Waals surface area (Å²) in [5.74, 6) is 0.0811. The number of carbonyl (C=O) groups excluding carboxylic acids is 1. The molecule has 4 heteroatoms. The fourth-order valence-corrected chi connectivity index (χ4v) is 2.44. The third-order valence-electron chi connectivity index (χ3n) is 3.71. The maximum Gasteiger partial charge on any atom is 0.233 e. The quantitative estimate of drug-likeness (QED) is 0.741. The number of carbonyl (C=O) groups is 1. The van der Waals surface area contributed by atoms with E-state index in [0.717, 1.165) is 32.3 Å². The van der Waals surface area contributed by atoms with Crippen LogP contribution in [-0.2, 0) is 9.53 Å². The monoisotopic (exact) mass is 242 g/mol. The van der Waals surface area contributed by atoms with Crippen molar-refractivity contribution in [2.45, 2.75) is 58.1 Å². The molecule has 1 rings (SSSR count). The van der Waals surface area contributed by atoms with Crippen molar-refractivity contribution in [3.63, 3.8) is 0 Å². The number of likely N-dealkylation sites (N-methyl/N-ethyl adjacent to an activating group) is 1. The van der Waals surface area contributed by atoms with E-state index in [0.29, 0.717) is 19.1 Å². The molecule has 1 unspecified atom stereocenters. The molecule has 1 atom stereocenters. The predicted molar refractivity (Wildman–Crippen MR) is 69.0 cm³/mol. The molecule has 1 heterocycles. The lowest BCUT2D eigenvalue weighted by molar-refractivity contribution is -0.121. The summed E-state index contributed by atoms with van der Waals surface area (Å²) in [5, 5.41) is 6.14. The first-order valence-electron chi connectivity index (χ1n) is 6.79. The number of hydrogen-bond acceptors (Lipinski definition) is 3. The Kier molecular flexibility index (Phi) is 5.92. The van der Waals surface area contributed by atoms with Crippen LogP contribution >= 0.6 is 0 Å². The highest BCUT2D eigenvalue weighted by Gasteiger charge is 2.34. The fourth-order valence-electron chi connectivity index (χ4n) is 2.44. The van der Waals surface area contributed by atoms with E-state index in [1.165, 1.54) is 0 Å². The van der Waals surface area contributed by atoms with Gasteiger partial charge in [0.15, 0.2) is 0 Å². The first-order chi connectivity index (χ1) is 8.15. The molecule has 0 spiro atoms. The lowest BCUT2D eigenvalue weighted by Gasteiger charge is -2.40. The molecule has 0 radical (unpaired) electrons. The largest absolute Gasteiger partial charge is 0.375 e. The summed E-state index contributed by atoms with van der Waals surface area (Å²) in [4.78, 5) is 11.4. The van der Waals surface area contributed by atoms with E-state index in [4.69, 9.17) is 4.74 Å². The van der Waals surface area contributed by atoms with Gasteiger partial charge < -0.3 is 15.4 Å². The summed E-state index contributed by atoms with van der Waals surface area (Å²) >= 11 is 0. The predicted octanol–water partition coefficient (Wildman–Crippen LogP) is 1.45. The Bertz CT molecular complexity index is 240. The van der Waals surface area contributed by atoms with Crippen LogP contribution in [0.2, 0.25) is 0 Å². The lowest BCUT2D eigenvalue weighted by Crippen LogP contribution is -2.48. The Morgan fingerprint density at radius 3 is 2.65 bits per heavy atom. The van der Waals surface area contributed by atoms with Crippen molar-refractivity contribution < 1.29 is 9.53 Å². The maximum atomic E-state index is 11.4. The van der Waals surface area contributed by atoms with Crippen LogP contribution in [0, 0.1) is 0 Å². The first-order valence-corrected chi connectivity index (χ1v) is 6.79. The molecule has 0 aromatic carbocycles. The molecule has 0 saturated carbocycles. The molecule has 1 fully saturated rings. The van der Waals surface area contributed by atoms with Crippen molar-refractivity contribution in [1.82, 2.24) is 10.6 Å². The minimum atomic E-state index is 0.0249. The van der Waals surface area contributed by atoms with Crippen molar-refractivity contribution in [1.29, 1.82) is 0 Å². The highest BCUT2D eigenvalue weighted by atomic mass is 16.5. The van der Waals surface area contributed by atoms with Gasteiger partial charge in [0.2, 0.25) is 5.91 Å². The van der Waals surface area contributed by atoms with Gasteiger partial charge in [-0.25, -0.2) is 0 Å². The number of ether oxygens (including phenoxy) is 1. The Balaban J connectivity index is 2.37. The Morgan fingerprint density at radius 1 is 1.35 bits per heavy atom. The van der Waals surface area contributed by atoms with Gasteiger partial charge in [-0.15, -0.1) is 0 Å². The van der Waals surface area contributed by atoms with Crippen LogP contribution in [0.25, 0.3) is 0 Å². The molecule has 1 amide bonds. The van der Waals surface area contributed by atoms with Crippen LogP contribution in [0.4, 0.5) is 0 Å². The fraction of sp³-hybridized carbons (Fsp3) is 0.923. The van der Waals surface area contributed by atoms with E-state index >= 15 is 0 Å². The topological polar surface area (TPSA) is 50.4 Å². The van der Waals surface area contributed by atoms with Crippen LogP contribution in [0.1, 0.15) is 46.5 Å². The summed E-state index contributed by atoms with van der Waals surface area (Å²) in [6, 6.07) is 0.409. The van der Waals surface area contributed by atoms with Gasteiger partial charge in [0.1, 0.15) is 0 Å². The molecule has 1 saturated heterocycles. The Labute approximate surface area is 104 Å². The third kappa shape index (κ3) is 4.28. The lowest BCUT2D eigenvalue weighted by atomic mass is 9.86. The molecule has 0 aromatic heterocycles. The number of nitrogens with one attached hydrogen (secondary N) is 2. The molecule has 100 valence electrons. The van der Waals surface area contributed by atoms with Crippen molar-refractivity contribution in [3.05, 3.63) is 0 Å². The Hall–Kier alpha value is -0.610.